The Kier molecular flexibility index (Phi) is 9.88. The largest absolute Gasteiger partial charge is 3.00 e. The van der Waals surface area contributed by atoms with Crippen LogP contribution < -0.4 is 24.8 Å². The molecule has 0 aromatic carbocycles. The zero-order valence-electron chi connectivity index (χ0n) is 9.15. The van der Waals surface area contributed by atoms with Crippen molar-refractivity contribution in [2.75, 3.05) is 0 Å². The second-order valence-electron chi connectivity index (χ2n) is 4.04. The van der Waals surface area contributed by atoms with E-state index in [0.717, 1.165) is 6.42 Å². The predicted molar refractivity (Wildman–Crippen MR) is 51.7 cm³/mol. The second-order valence-corrected chi connectivity index (χ2v) is 4.04. The fourth-order valence-electron chi connectivity index (χ4n) is 2.63. The molecule has 83 valence electrons. The molecule has 0 nitrogen and oxygen atoms in total. The van der Waals surface area contributed by atoms with E-state index in [1.165, 1.54) is 37.7 Å². The SMILES string of the molecule is CCC1(C2=[C-]CC=C2)CCCC1.[Cl-].[Cl-].[Zr+3]. The van der Waals surface area contributed by atoms with Gasteiger partial charge < -0.3 is 24.8 Å². The van der Waals surface area contributed by atoms with Crippen molar-refractivity contribution in [3.63, 3.8) is 0 Å². The molecule has 2 aliphatic carbocycles. The van der Waals surface area contributed by atoms with Crippen LogP contribution in [0.3, 0.4) is 0 Å². The number of rotatable bonds is 2. The molecule has 1 saturated carbocycles. The van der Waals surface area contributed by atoms with Crippen molar-refractivity contribution in [3.8, 4) is 0 Å². The van der Waals surface area contributed by atoms with Crippen molar-refractivity contribution in [3.05, 3.63) is 23.8 Å². The molecule has 1 fully saturated rings. The molecule has 3 heteroatoms. The zero-order chi connectivity index (χ0) is 8.44. The van der Waals surface area contributed by atoms with E-state index in [4.69, 9.17) is 0 Å². The minimum Gasteiger partial charge on any atom is -1.00 e. The molecule has 0 aromatic heterocycles. The smallest absolute Gasteiger partial charge is 1.00 e. The average Bonchev–Trinajstić information content (AvgIpc) is 2.76. The molecule has 0 saturated heterocycles. The molecule has 2 rings (SSSR count). The van der Waals surface area contributed by atoms with Crippen molar-refractivity contribution in [1.82, 2.24) is 0 Å². The molecule has 0 aromatic rings. The van der Waals surface area contributed by atoms with Crippen LogP contribution in [-0.4, -0.2) is 0 Å². The van der Waals surface area contributed by atoms with E-state index < -0.39 is 0 Å². The van der Waals surface area contributed by atoms with Gasteiger partial charge in [-0.1, -0.05) is 19.8 Å². The summed E-state index contributed by atoms with van der Waals surface area (Å²) >= 11 is 0. The van der Waals surface area contributed by atoms with Crippen LogP contribution in [-0.2, 0) is 26.2 Å². The average molecular weight is 323 g/mol. The van der Waals surface area contributed by atoms with Gasteiger partial charge in [0.25, 0.3) is 0 Å². The fraction of sp³-hybridized carbons (Fsp3) is 0.667. The van der Waals surface area contributed by atoms with Gasteiger partial charge in [0.15, 0.2) is 0 Å². The molecule has 0 amide bonds. The summed E-state index contributed by atoms with van der Waals surface area (Å²) in [4.78, 5) is 0. The number of hydrogen-bond donors (Lipinski definition) is 0. The van der Waals surface area contributed by atoms with Gasteiger partial charge in [-0.25, -0.2) is 11.6 Å². The number of allylic oxidation sites excluding steroid dienone is 4. The summed E-state index contributed by atoms with van der Waals surface area (Å²) in [6.45, 7) is 2.33. The molecule has 0 spiro atoms. The van der Waals surface area contributed by atoms with Crippen molar-refractivity contribution in [1.29, 1.82) is 0 Å². The second kappa shape index (κ2) is 8.10. The molecular weight excluding hydrogens is 306 g/mol. The Morgan fingerprint density at radius 2 is 1.87 bits per heavy atom. The molecule has 0 bridgehead atoms. The number of halogens is 2. The minimum absolute atomic E-state index is 0. The molecule has 1 radical (unpaired) electrons. The molecule has 15 heavy (non-hydrogen) atoms. The maximum absolute atomic E-state index is 3.50. The third kappa shape index (κ3) is 3.72. The van der Waals surface area contributed by atoms with Crippen LogP contribution >= 0.6 is 0 Å². The van der Waals surface area contributed by atoms with Crippen molar-refractivity contribution in [2.45, 2.75) is 45.4 Å². The Morgan fingerprint density at radius 3 is 2.27 bits per heavy atom. The van der Waals surface area contributed by atoms with Crippen LogP contribution in [0.4, 0.5) is 0 Å². The van der Waals surface area contributed by atoms with Crippen LogP contribution in [0.25, 0.3) is 0 Å². The van der Waals surface area contributed by atoms with Gasteiger partial charge in [0, 0.05) is 0 Å². The quantitative estimate of drug-likeness (QED) is 0.500. The monoisotopic (exact) mass is 321 g/mol. The normalized spacial score (nSPS) is 21.0. The first kappa shape index (κ1) is 18.3. The van der Waals surface area contributed by atoms with Gasteiger partial charge in [-0.05, 0) is 24.7 Å². The molecule has 0 aliphatic heterocycles. The van der Waals surface area contributed by atoms with Gasteiger partial charge >= 0.3 is 26.2 Å². The first-order valence-corrected chi connectivity index (χ1v) is 5.15. The van der Waals surface area contributed by atoms with E-state index in [2.05, 4.69) is 25.2 Å². The van der Waals surface area contributed by atoms with Gasteiger partial charge in [0.1, 0.15) is 0 Å². The molecule has 0 unspecified atom stereocenters. The fourth-order valence-corrected chi connectivity index (χ4v) is 2.63. The molecule has 0 atom stereocenters. The van der Waals surface area contributed by atoms with E-state index in [9.17, 15) is 0 Å². The van der Waals surface area contributed by atoms with E-state index in [-0.39, 0.29) is 51.0 Å². The minimum atomic E-state index is 0. The first-order chi connectivity index (χ1) is 5.87. The Balaban J connectivity index is 0. The maximum Gasteiger partial charge on any atom is 3.00 e. The third-order valence-corrected chi connectivity index (χ3v) is 3.50. The van der Waals surface area contributed by atoms with E-state index >= 15 is 0 Å². The Hall–Kier alpha value is 0.943. The standard InChI is InChI=1S/C12H17.2ClH.Zr/c1-2-12(9-5-6-10-12)11-7-3-4-8-11;;;/h3,7H,2,4-6,9-10H2,1H3;2*1H;/q-1;;;+3/p-2. The zero-order valence-corrected chi connectivity index (χ0v) is 13.1. The Morgan fingerprint density at radius 1 is 1.27 bits per heavy atom. The van der Waals surface area contributed by atoms with E-state index in [1.807, 2.05) is 0 Å². The summed E-state index contributed by atoms with van der Waals surface area (Å²) in [7, 11) is 0. The Labute approximate surface area is 125 Å². The van der Waals surface area contributed by atoms with Crippen molar-refractivity contribution < 1.29 is 51.0 Å². The van der Waals surface area contributed by atoms with Crippen LogP contribution in [0.2, 0.25) is 0 Å². The van der Waals surface area contributed by atoms with E-state index in [1.54, 1.807) is 0 Å². The van der Waals surface area contributed by atoms with Gasteiger partial charge in [-0.2, -0.15) is 6.08 Å². The van der Waals surface area contributed by atoms with E-state index in [0.29, 0.717) is 5.41 Å². The topological polar surface area (TPSA) is 0 Å². The van der Waals surface area contributed by atoms with Gasteiger partial charge in [-0.15, -0.1) is 6.42 Å². The number of hydrogen-bond acceptors (Lipinski definition) is 0. The molecular formula is C12H17Cl2Zr. The van der Waals surface area contributed by atoms with Gasteiger partial charge in [0.05, 0.1) is 0 Å². The van der Waals surface area contributed by atoms with Crippen LogP contribution in [0.1, 0.15) is 45.4 Å². The summed E-state index contributed by atoms with van der Waals surface area (Å²) in [5.41, 5.74) is 2.05. The Bertz CT molecular complexity index is 228. The van der Waals surface area contributed by atoms with Crippen LogP contribution in [0.5, 0.6) is 0 Å². The van der Waals surface area contributed by atoms with Crippen molar-refractivity contribution in [2.24, 2.45) is 5.41 Å². The summed E-state index contributed by atoms with van der Waals surface area (Å²) in [5.74, 6) is 0. The molecule has 0 heterocycles. The molecule has 0 N–H and O–H groups in total. The van der Waals surface area contributed by atoms with Crippen LogP contribution in [0, 0.1) is 11.5 Å². The summed E-state index contributed by atoms with van der Waals surface area (Å²) in [6.07, 6.45) is 16.0. The van der Waals surface area contributed by atoms with Crippen molar-refractivity contribution >= 4 is 0 Å². The first-order valence-electron chi connectivity index (χ1n) is 5.15. The van der Waals surface area contributed by atoms with Crippen LogP contribution in [0.15, 0.2) is 17.7 Å². The predicted octanol–water partition coefficient (Wildman–Crippen LogP) is -2.35. The van der Waals surface area contributed by atoms with Gasteiger partial charge in [-0.3, -0.25) is 6.08 Å². The molecule has 2 aliphatic rings. The van der Waals surface area contributed by atoms with Gasteiger partial charge in [0.2, 0.25) is 0 Å². The maximum atomic E-state index is 3.50. The summed E-state index contributed by atoms with van der Waals surface area (Å²) in [6, 6.07) is 0. The summed E-state index contributed by atoms with van der Waals surface area (Å²) < 4.78 is 0. The summed E-state index contributed by atoms with van der Waals surface area (Å²) in [5, 5.41) is 0. The third-order valence-electron chi connectivity index (χ3n) is 3.50.